The Hall–Kier alpha value is -0.200. The molecule has 0 amide bonds. The van der Waals surface area contributed by atoms with Gasteiger partial charge in [0.1, 0.15) is 24.4 Å². The van der Waals surface area contributed by atoms with Crippen molar-refractivity contribution in [2.75, 3.05) is 14.2 Å². The summed E-state index contributed by atoms with van der Waals surface area (Å²) in [5, 5.41) is 18.8. The quantitative estimate of drug-likeness (QED) is 0.458. The van der Waals surface area contributed by atoms with Crippen molar-refractivity contribution >= 4 is 0 Å². The normalized spacial score (nSPS) is 48.2. The highest BCUT2D eigenvalue weighted by Gasteiger charge is 2.48. The van der Waals surface area contributed by atoms with Crippen molar-refractivity contribution in [3.05, 3.63) is 0 Å². The molecule has 0 bridgehead atoms. The summed E-state index contributed by atoms with van der Waals surface area (Å²) in [7, 11) is 2.89. The van der Waals surface area contributed by atoms with Crippen LogP contribution in [0.15, 0.2) is 0 Å². The fourth-order valence-corrected chi connectivity index (χ4v) is 1.62. The van der Waals surface area contributed by atoms with E-state index < -0.39 is 30.5 Å². The zero-order chi connectivity index (χ0) is 9.30. The number of rotatable bonds is 2. The van der Waals surface area contributed by atoms with Crippen LogP contribution in [0.2, 0.25) is 0 Å². The molecule has 5 nitrogen and oxygen atoms in total. The van der Waals surface area contributed by atoms with E-state index in [-0.39, 0.29) is 0 Å². The average molecular weight is 177 g/mol. The molecule has 1 rings (SSSR count). The van der Waals surface area contributed by atoms with Gasteiger partial charge in [0, 0.05) is 14.2 Å². The zero-order valence-corrected chi connectivity index (χ0v) is 7.18. The molecule has 5 atom stereocenters. The summed E-state index contributed by atoms with van der Waals surface area (Å²) < 4.78 is 9.85. The number of nitrogens with two attached hydrogens (primary N) is 1. The first-order valence-electron chi connectivity index (χ1n) is 3.80. The molecule has 72 valence electrons. The molecule has 12 heavy (non-hydrogen) atoms. The van der Waals surface area contributed by atoms with E-state index in [1.54, 1.807) is 0 Å². The third-order valence-corrected chi connectivity index (χ3v) is 2.33. The van der Waals surface area contributed by atoms with E-state index >= 15 is 0 Å². The van der Waals surface area contributed by atoms with Crippen molar-refractivity contribution in [3.63, 3.8) is 0 Å². The minimum absolute atomic E-state index is 0.481. The number of aliphatic hydroxyl groups is 2. The van der Waals surface area contributed by atoms with Crippen LogP contribution in [0, 0.1) is 0 Å². The minimum Gasteiger partial charge on any atom is -0.388 e. The van der Waals surface area contributed by atoms with Crippen LogP contribution >= 0.6 is 0 Å². The summed E-state index contributed by atoms with van der Waals surface area (Å²) in [6, 6.07) is -0.481. The van der Waals surface area contributed by atoms with Gasteiger partial charge in [-0.25, -0.2) is 0 Å². The zero-order valence-electron chi connectivity index (χ0n) is 7.18. The van der Waals surface area contributed by atoms with Crippen LogP contribution in [-0.2, 0) is 9.47 Å². The van der Waals surface area contributed by atoms with Gasteiger partial charge >= 0.3 is 0 Å². The van der Waals surface area contributed by atoms with Gasteiger partial charge in [0.15, 0.2) is 0 Å². The smallest absolute Gasteiger partial charge is 0.110 e. The Kier molecular flexibility index (Phi) is 3.03. The Balaban J connectivity index is 2.71. The van der Waals surface area contributed by atoms with Crippen molar-refractivity contribution < 1.29 is 19.7 Å². The largest absolute Gasteiger partial charge is 0.388 e. The summed E-state index contributed by atoms with van der Waals surface area (Å²) >= 11 is 0. The lowest BCUT2D eigenvalue weighted by molar-refractivity contribution is -0.0582. The molecule has 1 saturated carbocycles. The molecule has 0 spiro atoms. The number of ether oxygens (including phenoxy) is 2. The molecule has 0 radical (unpaired) electrons. The van der Waals surface area contributed by atoms with E-state index in [1.165, 1.54) is 14.2 Å². The summed E-state index contributed by atoms with van der Waals surface area (Å²) in [5.41, 5.74) is 5.66. The number of hydrogen-bond acceptors (Lipinski definition) is 5. The summed E-state index contributed by atoms with van der Waals surface area (Å²) in [5.74, 6) is 0. The van der Waals surface area contributed by atoms with E-state index in [0.29, 0.717) is 0 Å². The van der Waals surface area contributed by atoms with Crippen LogP contribution in [0.25, 0.3) is 0 Å². The Labute approximate surface area is 71.1 Å². The standard InChI is InChI=1S/C7H15NO4/c1-11-6-3(8)7(12-2)5(10)4(6)9/h3-7,9-10H,8H2,1-2H3/t3?,4-,5+,6-,7-/m1/s1. The molecule has 0 heterocycles. The third-order valence-electron chi connectivity index (χ3n) is 2.33. The van der Waals surface area contributed by atoms with E-state index in [0.717, 1.165) is 0 Å². The number of aliphatic hydroxyl groups excluding tert-OH is 2. The lowest BCUT2D eigenvalue weighted by Gasteiger charge is -2.18. The maximum absolute atomic E-state index is 9.39. The van der Waals surface area contributed by atoms with Crippen LogP contribution in [0.3, 0.4) is 0 Å². The van der Waals surface area contributed by atoms with E-state index in [4.69, 9.17) is 15.2 Å². The summed E-state index contributed by atoms with van der Waals surface area (Å²) in [6.07, 6.45) is -3.03. The fraction of sp³-hybridized carbons (Fsp3) is 1.00. The first kappa shape index (κ1) is 9.88. The second-order valence-corrected chi connectivity index (χ2v) is 2.96. The van der Waals surface area contributed by atoms with Gasteiger partial charge < -0.3 is 25.4 Å². The fourth-order valence-electron chi connectivity index (χ4n) is 1.62. The SMILES string of the molecule is CO[C@@H]1C(N)[C@@H](OC)[C@@H](O)[C@H]1O. The Morgan fingerprint density at radius 3 is 1.50 bits per heavy atom. The Morgan fingerprint density at radius 1 is 1.00 bits per heavy atom. The molecule has 0 aromatic rings. The molecular formula is C7H15NO4. The monoisotopic (exact) mass is 177 g/mol. The van der Waals surface area contributed by atoms with Gasteiger partial charge in [-0.3, -0.25) is 0 Å². The Bertz CT molecular complexity index is 138. The first-order chi connectivity index (χ1) is 5.63. The minimum atomic E-state index is -0.963. The maximum Gasteiger partial charge on any atom is 0.110 e. The van der Waals surface area contributed by atoms with E-state index in [9.17, 15) is 10.2 Å². The van der Waals surface area contributed by atoms with Gasteiger partial charge in [0.05, 0.1) is 6.04 Å². The van der Waals surface area contributed by atoms with Crippen molar-refractivity contribution in [3.8, 4) is 0 Å². The van der Waals surface area contributed by atoms with Crippen molar-refractivity contribution in [1.82, 2.24) is 0 Å². The van der Waals surface area contributed by atoms with Crippen LogP contribution < -0.4 is 5.73 Å². The van der Waals surface area contributed by atoms with Gasteiger partial charge in [-0.15, -0.1) is 0 Å². The number of hydrogen-bond donors (Lipinski definition) is 3. The maximum atomic E-state index is 9.39. The van der Waals surface area contributed by atoms with Crippen LogP contribution in [0.5, 0.6) is 0 Å². The van der Waals surface area contributed by atoms with Gasteiger partial charge in [-0.1, -0.05) is 0 Å². The van der Waals surface area contributed by atoms with Gasteiger partial charge in [0.2, 0.25) is 0 Å². The molecule has 4 N–H and O–H groups in total. The van der Waals surface area contributed by atoms with E-state index in [1.807, 2.05) is 0 Å². The highest BCUT2D eigenvalue weighted by Crippen LogP contribution is 2.24. The first-order valence-corrected chi connectivity index (χ1v) is 3.80. The molecule has 1 aliphatic rings. The third kappa shape index (κ3) is 1.34. The van der Waals surface area contributed by atoms with Crippen LogP contribution in [0.4, 0.5) is 0 Å². The topological polar surface area (TPSA) is 84.9 Å². The van der Waals surface area contributed by atoms with Crippen LogP contribution in [0.1, 0.15) is 0 Å². The molecule has 1 fully saturated rings. The highest BCUT2D eigenvalue weighted by molar-refractivity contribution is 5.02. The van der Waals surface area contributed by atoms with E-state index in [2.05, 4.69) is 0 Å². The molecule has 1 aliphatic carbocycles. The molecule has 0 aliphatic heterocycles. The predicted octanol–water partition coefficient (Wildman–Crippen LogP) is -1.92. The predicted molar refractivity (Wildman–Crippen MR) is 41.6 cm³/mol. The second kappa shape index (κ2) is 3.68. The average Bonchev–Trinajstić information content (AvgIpc) is 2.25. The molecular weight excluding hydrogens is 162 g/mol. The summed E-state index contributed by atoms with van der Waals surface area (Å²) in [4.78, 5) is 0. The second-order valence-electron chi connectivity index (χ2n) is 2.96. The summed E-state index contributed by atoms with van der Waals surface area (Å²) in [6.45, 7) is 0. The van der Waals surface area contributed by atoms with Gasteiger partial charge in [-0.2, -0.15) is 0 Å². The highest BCUT2D eigenvalue weighted by atomic mass is 16.5. The van der Waals surface area contributed by atoms with Crippen molar-refractivity contribution in [2.45, 2.75) is 30.5 Å². The van der Waals surface area contributed by atoms with Crippen LogP contribution in [-0.4, -0.2) is 54.9 Å². The van der Waals surface area contributed by atoms with Gasteiger partial charge in [-0.05, 0) is 0 Å². The van der Waals surface area contributed by atoms with Crippen molar-refractivity contribution in [2.24, 2.45) is 5.73 Å². The lowest BCUT2D eigenvalue weighted by Crippen LogP contribution is -2.42. The van der Waals surface area contributed by atoms with Gasteiger partial charge in [0.25, 0.3) is 0 Å². The molecule has 1 unspecified atom stereocenters. The molecule has 0 saturated heterocycles. The Morgan fingerprint density at radius 2 is 1.33 bits per heavy atom. The molecule has 0 aromatic heterocycles. The molecule has 0 aromatic carbocycles. The number of methoxy groups -OCH3 is 2. The molecule has 5 heteroatoms. The van der Waals surface area contributed by atoms with Crippen molar-refractivity contribution in [1.29, 1.82) is 0 Å². The lowest BCUT2D eigenvalue weighted by atomic mass is 10.2.